The molecule has 1 aromatic rings. The quantitative estimate of drug-likeness (QED) is 0.832. The number of nitrogens with one attached hydrogen (secondary N) is 1. The number of ketones is 1. The number of Topliss-reactive ketones (excluding diaryl/α,β-unsaturated/α-hetero) is 1. The van der Waals surface area contributed by atoms with E-state index in [1.807, 2.05) is 24.3 Å². The highest BCUT2D eigenvalue weighted by Gasteiger charge is 2.42. The molecule has 1 spiro atoms. The zero-order valence-corrected chi connectivity index (χ0v) is 12.4. The average molecular weight is 321 g/mol. The predicted octanol–water partition coefficient (Wildman–Crippen LogP) is 4.14. The van der Waals surface area contributed by atoms with Gasteiger partial charge in [-0.3, -0.25) is 10.2 Å². The molecule has 2 saturated carbocycles. The van der Waals surface area contributed by atoms with Crippen molar-refractivity contribution in [1.82, 2.24) is 0 Å². The molecule has 0 saturated heterocycles. The number of rotatable bonds is 2. The van der Waals surface area contributed by atoms with E-state index in [9.17, 15) is 4.79 Å². The number of anilines is 1. The summed E-state index contributed by atoms with van der Waals surface area (Å²) < 4.78 is 1.04. The van der Waals surface area contributed by atoms with Crippen LogP contribution >= 0.6 is 15.9 Å². The Labute approximate surface area is 121 Å². The Morgan fingerprint density at radius 1 is 1.16 bits per heavy atom. The molecular formula is C15H17BrN2O. The minimum absolute atomic E-state index is 0.210. The molecule has 2 fully saturated rings. The Bertz CT molecular complexity index is 517. The first kappa shape index (κ1) is 12.9. The molecule has 19 heavy (non-hydrogen) atoms. The molecule has 4 heteroatoms. The van der Waals surface area contributed by atoms with Crippen molar-refractivity contribution in [2.75, 3.05) is 5.43 Å². The van der Waals surface area contributed by atoms with Gasteiger partial charge in [0, 0.05) is 17.3 Å². The summed E-state index contributed by atoms with van der Waals surface area (Å²) in [5.41, 5.74) is 5.05. The summed E-state index contributed by atoms with van der Waals surface area (Å²) in [6.07, 6.45) is 6.41. The maximum absolute atomic E-state index is 11.9. The molecule has 0 radical (unpaired) electrons. The molecule has 0 bridgehead atoms. The number of hydrogen-bond donors (Lipinski definition) is 1. The first-order chi connectivity index (χ1) is 9.17. The van der Waals surface area contributed by atoms with Crippen LogP contribution in [0.2, 0.25) is 0 Å². The van der Waals surface area contributed by atoms with Crippen molar-refractivity contribution in [2.24, 2.45) is 10.5 Å². The van der Waals surface area contributed by atoms with Crippen molar-refractivity contribution in [2.45, 2.75) is 38.5 Å². The van der Waals surface area contributed by atoms with Crippen LogP contribution in [0.1, 0.15) is 38.5 Å². The lowest BCUT2D eigenvalue weighted by Gasteiger charge is -2.44. The van der Waals surface area contributed by atoms with E-state index in [4.69, 9.17) is 0 Å². The van der Waals surface area contributed by atoms with Gasteiger partial charge in [-0.25, -0.2) is 0 Å². The molecule has 2 aliphatic rings. The van der Waals surface area contributed by atoms with Crippen LogP contribution < -0.4 is 5.43 Å². The monoisotopic (exact) mass is 320 g/mol. The standard InChI is InChI=1S/C15H17BrN2O/c16-11-2-4-12(5-3-11)17-18-13-10-15(7-1-8-15)9-6-14(13)19/h2-5,17H,1,6-10H2/b18-13+. The van der Waals surface area contributed by atoms with Crippen LogP contribution in [0.15, 0.2) is 33.8 Å². The third kappa shape index (κ3) is 2.73. The van der Waals surface area contributed by atoms with Crippen LogP contribution in [-0.4, -0.2) is 11.5 Å². The zero-order chi connectivity index (χ0) is 13.3. The van der Waals surface area contributed by atoms with Gasteiger partial charge in [0.15, 0.2) is 5.78 Å². The van der Waals surface area contributed by atoms with Crippen LogP contribution in [0.4, 0.5) is 5.69 Å². The number of nitrogens with zero attached hydrogens (tertiary/aromatic N) is 1. The average Bonchev–Trinajstić information content (AvgIpc) is 2.38. The van der Waals surface area contributed by atoms with Crippen molar-refractivity contribution in [3.05, 3.63) is 28.7 Å². The SMILES string of the molecule is O=C1CCC2(CCC2)C/C1=N\Nc1ccc(Br)cc1. The summed E-state index contributed by atoms with van der Waals surface area (Å²) in [4.78, 5) is 11.9. The van der Waals surface area contributed by atoms with Gasteiger partial charge in [-0.15, -0.1) is 0 Å². The molecule has 3 rings (SSSR count). The summed E-state index contributed by atoms with van der Waals surface area (Å²) in [6, 6.07) is 7.80. The Balaban J connectivity index is 1.70. The highest BCUT2D eigenvalue weighted by molar-refractivity contribution is 9.10. The molecule has 1 N–H and O–H groups in total. The van der Waals surface area contributed by atoms with Crippen molar-refractivity contribution >= 4 is 33.1 Å². The summed E-state index contributed by atoms with van der Waals surface area (Å²) >= 11 is 3.40. The third-order valence-corrected chi connectivity index (χ3v) is 4.85. The lowest BCUT2D eigenvalue weighted by molar-refractivity contribution is -0.115. The Morgan fingerprint density at radius 3 is 2.53 bits per heavy atom. The highest BCUT2D eigenvalue weighted by atomic mass is 79.9. The largest absolute Gasteiger partial charge is 0.293 e. The lowest BCUT2D eigenvalue weighted by Crippen LogP contribution is -2.39. The van der Waals surface area contributed by atoms with E-state index in [0.29, 0.717) is 11.8 Å². The van der Waals surface area contributed by atoms with Crippen LogP contribution in [0.25, 0.3) is 0 Å². The minimum atomic E-state index is 0.210. The molecule has 0 unspecified atom stereocenters. The first-order valence-electron chi connectivity index (χ1n) is 6.78. The van der Waals surface area contributed by atoms with Crippen LogP contribution in [0.5, 0.6) is 0 Å². The van der Waals surface area contributed by atoms with Gasteiger partial charge in [0.05, 0.1) is 5.69 Å². The van der Waals surface area contributed by atoms with E-state index in [2.05, 4.69) is 26.5 Å². The van der Waals surface area contributed by atoms with E-state index < -0.39 is 0 Å². The first-order valence-corrected chi connectivity index (χ1v) is 7.58. The van der Waals surface area contributed by atoms with Gasteiger partial charge < -0.3 is 0 Å². The molecule has 0 aliphatic heterocycles. The van der Waals surface area contributed by atoms with Crippen LogP contribution in [0.3, 0.4) is 0 Å². The van der Waals surface area contributed by atoms with Gasteiger partial charge in [-0.1, -0.05) is 22.4 Å². The Hall–Kier alpha value is -1.16. The fourth-order valence-electron chi connectivity index (χ4n) is 2.93. The Kier molecular flexibility index (Phi) is 3.44. The second-order valence-corrected chi connectivity index (χ2v) is 6.55. The van der Waals surface area contributed by atoms with Gasteiger partial charge >= 0.3 is 0 Å². The smallest absolute Gasteiger partial charge is 0.178 e. The van der Waals surface area contributed by atoms with E-state index >= 15 is 0 Å². The number of hydrogen-bond acceptors (Lipinski definition) is 3. The second-order valence-electron chi connectivity index (χ2n) is 5.63. The van der Waals surface area contributed by atoms with Gasteiger partial charge in [-0.05, 0) is 48.9 Å². The van der Waals surface area contributed by atoms with Crippen LogP contribution in [0, 0.1) is 5.41 Å². The molecule has 1 aromatic carbocycles. The van der Waals surface area contributed by atoms with Gasteiger partial charge in [-0.2, -0.15) is 5.10 Å². The molecule has 2 aliphatic carbocycles. The molecule has 0 aromatic heterocycles. The predicted molar refractivity (Wildman–Crippen MR) is 80.3 cm³/mol. The van der Waals surface area contributed by atoms with E-state index in [-0.39, 0.29) is 5.78 Å². The van der Waals surface area contributed by atoms with Gasteiger partial charge in [0.1, 0.15) is 5.71 Å². The zero-order valence-electron chi connectivity index (χ0n) is 10.8. The van der Waals surface area contributed by atoms with Crippen molar-refractivity contribution in [1.29, 1.82) is 0 Å². The van der Waals surface area contributed by atoms with Gasteiger partial charge in [0.2, 0.25) is 0 Å². The number of carbonyl (C=O) groups is 1. The van der Waals surface area contributed by atoms with Crippen molar-refractivity contribution < 1.29 is 4.79 Å². The van der Waals surface area contributed by atoms with Crippen molar-refractivity contribution in [3.63, 3.8) is 0 Å². The number of halogens is 1. The highest BCUT2D eigenvalue weighted by Crippen LogP contribution is 2.50. The van der Waals surface area contributed by atoms with E-state index in [0.717, 1.165) is 28.7 Å². The fourth-order valence-corrected chi connectivity index (χ4v) is 3.19. The normalized spacial score (nSPS) is 23.4. The summed E-state index contributed by atoms with van der Waals surface area (Å²) in [6.45, 7) is 0. The molecule has 0 heterocycles. The van der Waals surface area contributed by atoms with E-state index in [1.54, 1.807) is 0 Å². The minimum Gasteiger partial charge on any atom is -0.293 e. The number of hydrazone groups is 1. The fraction of sp³-hybridized carbons (Fsp3) is 0.467. The second kappa shape index (κ2) is 5.08. The Morgan fingerprint density at radius 2 is 1.89 bits per heavy atom. The summed E-state index contributed by atoms with van der Waals surface area (Å²) in [7, 11) is 0. The third-order valence-electron chi connectivity index (χ3n) is 4.33. The molecule has 100 valence electrons. The maximum atomic E-state index is 11.9. The molecule has 3 nitrogen and oxygen atoms in total. The van der Waals surface area contributed by atoms with Gasteiger partial charge in [0.25, 0.3) is 0 Å². The molecule has 0 atom stereocenters. The van der Waals surface area contributed by atoms with Crippen LogP contribution in [-0.2, 0) is 4.79 Å². The number of carbonyl (C=O) groups excluding carboxylic acids is 1. The lowest BCUT2D eigenvalue weighted by atomic mass is 9.60. The molecular weight excluding hydrogens is 304 g/mol. The summed E-state index contributed by atoms with van der Waals surface area (Å²) in [5.74, 6) is 0.210. The number of benzene rings is 1. The molecule has 0 amide bonds. The summed E-state index contributed by atoms with van der Waals surface area (Å²) in [5, 5.41) is 4.34. The van der Waals surface area contributed by atoms with E-state index in [1.165, 1.54) is 19.3 Å². The topological polar surface area (TPSA) is 41.5 Å². The van der Waals surface area contributed by atoms with Crippen molar-refractivity contribution in [3.8, 4) is 0 Å². The maximum Gasteiger partial charge on any atom is 0.178 e.